The zero-order valence-corrected chi connectivity index (χ0v) is 11.9. The van der Waals surface area contributed by atoms with Crippen molar-refractivity contribution < 1.29 is 9.59 Å². The SMILES string of the molecule is Cc1ccc(C(=O)N2CCN(C(=O)CS)CC2)cc1. The van der Waals surface area contributed by atoms with Gasteiger partial charge in [0, 0.05) is 31.7 Å². The minimum atomic E-state index is 0.0331. The van der Waals surface area contributed by atoms with E-state index in [4.69, 9.17) is 0 Å². The second-order valence-electron chi connectivity index (χ2n) is 4.70. The fourth-order valence-corrected chi connectivity index (χ4v) is 2.34. The summed E-state index contributed by atoms with van der Waals surface area (Å²) in [7, 11) is 0. The molecule has 1 aromatic rings. The molecule has 0 saturated carbocycles. The van der Waals surface area contributed by atoms with Crippen LogP contribution in [0.15, 0.2) is 24.3 Å². The number of nitrogens with zero attached hydrogens (tertiary/aromatic N) is 2. The summed E-state index contributed by atoms with van der Waals surface area (Å²) >= 11 is 3.98. The lowest BCUT2D eigenvalue weighted by atomic mass is 10.1. The standard InChI is InChI=1S/C14H18N2O2S/c1-11-2-4-12(5-3-11)14(18)16-8-6-15(7-9-16)13(17)10-19/h2-5,19H,6-10H2,1H3. The van der Waals surface area contributed by atoms with Gasteiger partial charge in [0.15, 0.2) is 0 Å². The molecule has 1 aromatic carbocycles. The number of piperazine rings is 1. The molecule has 0 aromatic heterocycles. The first-order chi connectivity index (χ1) is 9.11. The topological polar surface area (TPSA) is 40.6 Å². The lowest BCUT2D eigenvalue weighted by Gasteiger charge is -2.34. The second kappa shape index (κ2) is 6.10. The zero-order chi connectivity index (χ0) is 13.8. The predicted molar refractivity (Wildman–Crippen MR) is 77.5 cm³/mol. The van der Waals surface area contributed by atoms with E-state index in [2.05, 4.69) is 12.6 Å². The van der Waals surface area contributed by atoms with Gasteiger partial charge in [0.25, 0.3) is 5.91 Å². The number of amides is 2. The van der Waals surface area contributed by atoms with E-state index in [-0.39, 0.29) is 17.6 Å². The van der Waals surface area contributed by atoms with Crippen LogP contribution in [0.3, 0.4) is 0 Å². The number of hydrogen-bond acceptors (Lipinski definition) is 3. The summed E-state index contributed by atoms with van der Waals surface area (Å²) in [5.74, 6) is 0.301. The molecule has 1 saturated heterocycles. The predicted octanol–water partition coefficient (Wildman–Crippen LogP) is 1.21. The van der Waals surface area contributed by atoms with Gasteiger partial charge in [-0.05, 0) is 19.1 Å². The monoisotopic (exact) mass is 278 g/mol. The zero-order valence-electron chi connectivity index (χ0n) is 11.0. The van der Waals surface area contributed by atoms with Crippen LogP contribution in [0.4, 0.5) is 0 Å². The molecule has 0 aliphatic carbocycles. The minimum Gasteiger partial charge on any atom is -0.338 e. The molecular weight excluding hydrogens is 260 g/mol. The number of aryl methyl sites for hydroxylation is 1. The van der Waals surface area contributed by atoms with E-state index < -0.39 is 0 Å². The van der Waals surface area contributed by atoms with Crippen molar-refractivity contribution >= 4 is 24.4 Å². The lowest BCUT2D eigenvalue weighted by Crippen LogP contribution is -2.50. The van der Waals surface area contributed by atoms with Crippen LogP contribution in [-0.2, 0) is 4.79 Å². The van der Waals surface area contributed by atoms with Gasteiger partial charge in [-0.15, -0.1) is 0 Å². The molecule has 5 heteroatoms. The fraction of sp³-hybridized carbons (Fsp3) is 0.429. The van der Waals surface area contributed by atoms with E-state index in [0.717, 1.165) is 5.56 Å². The maximum absolute atomic E-state index is 12.3. The Labute approximate surface area is 118 Å². The number of carbonyl (C=O) groups excluding carboxylic acids is 2. The van der Waals surface area contributed by atoms with Gasteiger partial charge in [-0.2, -0.15) is 12.6 Å². The molecule has 0 atom stereocenters. The maximum atomic E-state index is 12.3. The quantitative estimate of drug-likeness (QED) is 0.826. The maximum Gasteiger partial charge on any atom is 0.253 e. The smallest absolute Gasteiger partial charge is 0.253 e. The third-order valence-corrected chi connectivity index (χ3v) is 3.62. The van der Waals surface area contributed by atoms with Crippen LogP contribution < -0.4 is 0 Å². The van der Waals surface area contributed by atoms with E-state index in [9.17, 15) is 9.59 Å². The Balaban J connectivity index is 1.96. The van der Waals surface area contributed by atoms with E-state index in [1.54, 1.807) is 9.80 Å². The average molecular weight is 278 g/mol. The van der Waals surface area contributed by atoms with Gasteiger partial charge in [0.05, 0.1) is 5.75 Å². The Hall–Kier alpha value is -1.49. The second-order valence-corrected chi connectivity index (χ2v) is 5.01. The summed E-state index contributed by atoms with van der Waals surface area (Å²) in [6.07, 6.45) is 0. The van der Waals surface area contributed by atoms with E-state index in [1.165, 1.54) is 0 Å². The van der Waals surface area contributed by atoms with Gasteiger partial charge < -0.3 is 9.80 Å². The molecule has 2 rings (SSSR count). The summed E-state index contributed by atoms with van der Waals surface area (Å²) in [6, 6.07) is 7.58. The van der Waals surface area contributed by atoms with Crippen molar-refractivity contribution in [1.29, 1.82) is 0 Å². The molecule has 2 amide bonds. The molecule has 1 fully saturated rings. The van der Waals surface area contributed by atoms with Gasteiger partial charge >= 0.3 is 0 Å². The summed E-state index contributed by atoms with van der Waals surface area (Å²) in [5, 5.41) is 0. The molecule has 4 nitrogen and oxygen atoms in total. The first kappa shape index (κ1) is 13.9. The Morgan fingerprint density at radius 3 is 2.11 bits per heavy atom. The van der Waals surface area contributed by atoms with Crippen LogP contribution in [0.5, 0.6) is 0 Å². The first-order valence-electron chi connectivity index (χ1n) is 6.36. The normalized spacial score (nSPS) is 15.5. The van der Waals surface area contributed by atoms with Crippen molar-refractivity contribution in [3.8, 4) is 0 Å². The van der Waals surface area contributed by atoms with Crippen LogP contribution in [0.2, 0.25) is 0 Å². The minimum absolute atomic E-state index is 0.0331. The van der Waals surface area contributed by atoms with Crippen molar-refractivity contribution in [2.24, 2.45) is 0 Å². The lowest BCUT2D eigenvalue weighted by molar-refractivity contribution is -0.129. The third-order valence-electron chi connectivity index (χ3n) is 3.35. The molecule has 1 aliphatic rings. The molecular formula is C14H18N2O2S. The Morgan fingerprint density at radius 2 is 1.58 bits per heavy atom. The van der Waals surface area contributed by atoms with Gasteiger partial charge in [0.2, 0.25) is 5.91 Å². The van der Waals surface area contributed by atoms with Crippen LogP contribution in [0.25, 0.3) is 0 Å². The molecule has 1 aliphatic heterocycles. The molecule has 0 unspecified atom stereocenters. The third kappa shape index (κ3) is 3.29. The Morgan fingerprint density at radius 1 is 1.05 bits per heavy atom. The molecule has 0 spiro atoms. The fourth-order valence-electron chi connectivity index (χ4n) is 2.14. The summed E-state index contributed by atoms with van der Waals surface area (Å²) in [6.45, 7) is 4.36. The van der Waals surface area contributed by atoms with E-state index in [0.29, 0.717) is 31.7 Å². The van der Waals surface area contributed by atoms with Gasteiger partial charge in [0.1, 0.15) is 0 Å². The van der Waals surface area contributed by atoms with Gasteiger partial charge in [-0.1, -0.05) is 17.7 Å². The number of carbonyl (C=O) groups is 2. The highest BCUT2D eigenvalue weighted by Gasteiger charge is 2.23. The molecule has 0 bridgehead atoms. The summed E-state index contributed by atoms with van der Waals surface area (Å²) in [5.41, 5.74) is 1.85. The van der Waals surface area contributed by atoms with Crippen molar-refractivity contribution in [3.05, 3.63) is 35.4 Å². The van der Waals surface area contributed by atoms with E-state index in [1.807, 2.05) is 31.2 Å². The van der Waals surface area contributed by atoms with Crippen molar-refractivity contribution in [2.45, 2.75) is 6.92 Å². The highest BCUT2D eigenvalue weighted by Crippen LogP contribution is 2.10. The first-order valence-corrected chi connectivity index (χ1v) is 6.99. The van der Waals surface area contributed by atoms with Crippen molar-refractivity contribution in [3.63, 3.8) is 0 Å². The van der Waals surface area contributed by atoms with Crippen molar-refractivity contribution in [1.82, 2.24) is 9.80 Å². The molecule has 1 heterocycles. The number of hydrogen-bond donors (Lipinski definition) is 1. The largest absolute Gasteiger partial charge is 0.338 e. The molecule has 0 N–H and O–H groups in total. The van der Waals surface area contributed by atoms with Crippen LogP contribution >= 0.6 is 12.6 Å². The highest BCUT2D eigenvalue weighted by atomic mass is 32.1. The highest BCUT2D eigenvalue weighted by molar-refractivity contribution is 7.81. The van der Waals surface area contributed by atoms with Crippen LogP contribution in [0.1, 0.15) is 15.9 Å². The summed E-state index contributed by atoms with van der Waals surface area (Å²) < 4.78 is 0. The van der Waals surface area contributed by atoms with Crippen LogP contribution in [-0.4, -0.2) is 53.5 Å². The molecule has 19 heavy (non-hydrogen) atoms. The van der Waals surface area contributed by atoms with Crippen molar-refractivity contribution in [2.75, 3.05) is 31.9 Å². The number of thiol groups is 1. The Bertz CT molecular complexity index is 465. The van der Waals surface area contributed by atoms with Gasteiger partial charge in [-0.3, -0.25) is 9.59 Å². The Kier molecular flexibility index (Phi) is 4.47. The molecule has 0 radical (unpaired) electrons. The number of rotatable bonds is 2. The summed E-state index contributed by atoms with van der Waals surface area (Å²) in [4.78, 5) is 27.3. The van der Waals surface area contributed by atoms with E-state index >= 15 is 0 Å². The average Bonchev–Trinajstić information content (AvgIpc) is 2.46. The molecule has 102 valence electrons. The number of benzene rings is 1. The van der Waals surface area contributed by atoms with Gasteiger partial charge in [-0.25, -0.2) is 0 Å². The van der Waals surface area contributed by atoms with Crippen LogP contribution in [0, 0.1) is 6.92 Å².